The molecule has 0 saturated carbocycles. The number of ether oxygens (including phenoxy) is 1. The number of aliphatic hydroxyl groups is 3. The van der Waals surface area contributed by atoms with E-state index < -0.39 is 31.1 Å². The summed E-state index contributed by atoms with van der Waals surface area (Å²) in [5, 5.41) is 36.1. The molecule has 3 heterocycles. The summed E-state index contributed by atoms with van der Waals surface area (Å²) in [6.45, 7) is 0.250. The molecule has 0 spiro atoms. The van der Waals surface area contributed by atoms with Gasteiger partial charge >= 0.3 is 0 Å². The second kappa shape index (κ2) is 12.3. The number of rotatable bonds is 11. The topological polar surface area (TPSA) is 155 Å². The van der Waals surface area contributed by atoms with Crippen LogP contribution < -0.4 is 10.6 Å². The molecule has 0 aliphatic carbocycles. The maximum absolute atomic E-state index is 12.1. The predicted molar refractivity (Wildman–Crippen MR) is 144 cm³/mol. The molecule has 11 heteroatoms. The molecule has 0 unspecified atom stereocenters. The van der Waals surface area contributed by atoms with E-state index in [1.807, 2.05) is 42.5 Å². The SMILES string of the molecule is O=C(NCCCCCc1ccc(Nc2ncnc3c2ncn3[C@@H]2O[C@H](CO)[C@@H](O)[C@H]2O)cc1)c1ccccc1. The molecule has 0 bridgehead atoms. The Kier molecular flexibility index (Phi) is 8.42. The number of carbonyl (C=O) groups is 1. The van der Waals surface area contributed by atoms with Crippen molar-refractivity contribution in [1.82, 2.24) is 24.8 Å². The van der Waals surface area contributed by atoms with Gasteiger partial charge in [-0.15, -0.1) is 0 Å². The van der Waals surface area contributed by atoms with E-state index in [0.29, 0.717) is 29.1 Å². The van der Waals surface area contributed by atoms with Crippen molar-refractivity contribution < 1.29 is 24.9 Å². The van der Waals surface area contributed by atoms with Gasteiger partial charge in [-0.25, -0.2) is 15.0 Å². The van der Waals surface area contributed by atoms with Gasteiger partial charge in [0.15, 0.2) is 23.2 Å². The number of anilines is 2. The van der Waals surface area contributed by atoms with Crippen LogP contribution in [0.15, 0.2) is 67.3 Å². The number of fused-ring (bicyclic) bond motifs is 1. The summed E-state index contributed by atoms with van der Waals surface area (Å²) >= 11 is 0. The number of nitrogens with zero attached hydrogens (tertiary/aromatic N) is 4. The monoisotopic (exact) mass is 532 g/mol. The minimum absolute atomic E-state index is 0.0370. The van der Waals surface area contributed by atoms with Gasteiger partial charge in [0.2, 0.25) is 0 Å². The number of imidazole rings is 1. The largest absolute Gasteiger partial charge is 0.394 e. The van der Waals surface area contributed by atoms with E-state index in [9.17, 15) is 20.1 Å². The molecule has 39 heavy (non-hydrogen) atoms. The molecule has 11 nitrogen and oxygen atoms in total. The van der Waals surface area contributed by atoms with Crippen LogP contribution in [0.2, 0.25) is 0 Å². The Bertz CT molecular complexity index is 1380. The highest BCUT2D eigenvalue weighted by atomic mass is 16.6. The summed E-state index contributed by atoms with van der Waals surface area (Å²) in [5.74, 6) is 0.459. The number of amides is 1. The van der Waals surface area contributed by atoms with Crippen LogP contribution in [0.4, 0.5) is 11.5 Å². The van der Waals surface area contributed by atoms with Crippen molar-refractivity contribution in [2.75, 3.05) is 18.5 Å². The van der Waals surface area contributed by atoms with E-state index in [1.54, 1.807) is 0 Å². The minimum atomic E-state index is -1.23. The van der Waals surface area contributed by atoms with Gasteiger partial charge in [0.05, 0.1) is 12.9 Å². The number of hydrogen-bond acceptors (Lipinski definition) is 9. The smallest absolute Gasteiger partial charge is 0.251 e. The average molecular weight is 533 g/mol. The second-order valence-corrected chi connectivity index (χ2v) is 9.53. The number of aryl methyl sites for hydroxylation is 1. The van der Waals surface area contributed by atoms with E-state index in [4.69, 9.17) is 4.74 Å². The molecule has 5 N–H and O–H groups in total. The first kappa shape index (κ1) is 26.7. The zero-order valence-corrected chi connectivity index (χ0v) is 21.3. The summed E-state index contributed by atoms with van der Waals surface area (Å²) in [5.41, 5.74) is 3.65. The molecule has 2 aromatic carbocycles. The molecule has 4 aromatic rings. The summed E-state index contributed by atoms with van der Waals surface area (Å²) in [4.78, 5) is 25.1. The number of aromatic nitrogens is 4. The van der Waals surface area contributed by atoms with Gasteiger partial charge in [-0.2, -0.15) is 0 Å². The molecule has 4 atom stereocenters. The molecule has 1 saturated heterocycles. The Labute approximate surface area is 225 Å². The van der Waals surface area contributed by atoms with Gasteiger partial charge in [0.1, 0.15) is 24.6 Å². The van der Waals surface area contributed by atoms with Crippen molar-refractivity contribution in [1.29, 1.82) is 0 Å². The molecule has 1 aliphatic rings. The van der Waals surface area contributed by atoms with Gasteiger partial charge in [-0.1, -0.05) is 36.8 Å². The third-order valence-corrected chi connectivity index (χ3v) is 6.83. The zero-order chi connectivity index (χ0) is 27.2. The summed E-state index contributed by atoms with van der Waals surface area (Å²) in [6, 6.07) is 17.3. The van der Waals surface area contributed by atoms with Crippen LogP contribution >= 0.6 is 0 Å². The van der Waals surface area contributed by atoms with Crippen molar-refractivity contribution in [3.8, 4) is 0 Å². The first-order valence-corrected chi connectivity index (χ1v) is 13.0. The van der Waals surface area contributed by atoms with Crippen molar-refractivity contribution >= 4 is 28.6 Å². The van der Waals surface area contributed by atoms with E-state index in [-0.39, 0.29) is 5.91 Å². The first-order valence-electron chi connectivity index (χ1n) is 13.0. The lowest BCUT2D eigenvalue weighted by molar-refractivity contribution is -0.0511. The molecule has 5 rings (SSSR count). The van der Waals surface area contributed by atoms with Crippen LogP contribution in [-0.2, 0) is 11.2 Å². The lowest BCUT2D eigenvalue weighted by Crippen LogP contribution is -2.33. The maximum atomic E-state index is 12.1. The molecule has 2 aromatic heterocycles. The van der Waals surface area contributed by atoms with Crippen LogP contribution in [0.5, 0.6) is 0 Å². The number of carbonyl (C=O) groups excluding carboxylic acids is 1. The highest BCUT2D eigenvalue weighted by molar-refractivity contribution is 5.94. The summed E-state index contributed by atoms with van der Waals surface area (Å²) < 4.78 is 7.14. The van der Waals surface area contributed by atoms with E-state index in [1.165, 1.54) is 22.8 Å². The van der Waals surface area contributed by atoms with Crippen LogP contribution in [-0.4, -0.2) is 72.2 Å². The standard InChI is InChI=1S/C28H32N6O5/c35-15-21-23(36)24(37)28(39-21)34-17-32-22-25(30-16-31-26(22)34)33-20-12-10-18(11-13-20)7-3-2-6-14-29-27(38)19-8-4-1-5-9-19/h1,4-5,8-13,16-17,21,23-24,28,35-37H,2-3,6-7,14-15H2,(H,29,38)(H,30,31,33)/t21-,23-,24-,28-/m1/s1. The summed E-state index contributed by atoms with van der Waals surface area (Å²) in [7, 11) is 0. The lowest BCUT2D eigenvalue weighted by Gasteiger charge is -2.16. The zero-order valence-electron chi connectivity index (χ0n) is 21.3. The highest BCUT2D eigenvalue weighted by Crippen LogP contribution is 2.32. The molecular formula is C28H32N6O5. The third-order valence-electron chi connectivity index (χ3n) is 6.83. The third kappa shape index (κ3) is 6.07. The van der Waals surface area contributed by atoms with E-state index in [2.05, 4.69) is 37.7 Å². The van der Waals surface area contributed by atoms with Crippen molar-refractivity contribution in [3.63, 3.8) is 0 Å². The first-order chi connectivity index (χ1) is 19.0. The average Bonchev–Trinajstić information content (AvgIpc) is 3.52. The normalized spacial score (nSPS) is 20.8. The highest BCUT2D eigenvalue weighted by Gasteiger charge is 2.44. The molecule has 1 aliphatic heterocycles. The molecule has 1 amide bonds. The van der Waals surface area contributed by atoms with Crippen LogP contribution in [0, 0.1) is 0 Å². The van der Waals surface area contributed by atoms with Gasteiger partial charge in [0.25, 0.3) is 5.91 Å². The van der Waals surface area contributed by atoms with Gasteiger partial charge < -0.3 is 30.7 Å². The van der Waals surface area contributed by atoms with Gasteiger partial charge in [-0.3, -0.25) is 9.36 Å². The Hall–Kier alpha value is -3.90. The number of hydrogen-bond donors (Lipinski definition) is 5. The quantitative estimate of drug-likeness (QED) is 0.183. The summed E-state index contributed by atoms with van der Waals surface area (Å²) in [6.07, 6.45) is 2.52. The molecule has 204 valence electrons. The van der Waals surface area contributed by atoms with E-state index in [0.717, 1.165) is 31.4 Å². The number of nitrogens with one attached hydrogen (secondary N) is 2. The van der Waals surface area contributed by atoms with Crippen molar-refractivity contribution in [2.45, 2.75) is 50.2 Å². The van der Waals surface area contributed by atoms with Crippen LogP contribution in [0.25, 0.3) is 11.2 Å². The molecule has 0 radical (unpaired) electrons. The number of aliphatic hydroxyl groups excluding tert-OH is 3. The number of unbranched alkanes of at least 4 members (excludes halogenated alkanes) is 2. The fourth-order valence-corrected chi connectivity index (χ4v) is 4.66. The Morgan fingerprint density at radius 2 is 1.74 bits per heavy atom. The Morgan fingerprint density at radius 1 is 0.949 bits per heavy atom. The predicted octanol–water partition coefficient (Wildman–Crippen LogP) is 2.32. The lowest BCUT2D eigenvalue weighted by atomic mass is 10.1. The van der Waals surface area contributed by atoms with Crippen molar-refractivity contribution in [3.05, 3.63) is 78.4 Å². The van der Waals surface area contributed by atoms with Gasteiger partial charge in [-0.05, 0) is 49.1 Å². The van der Waals surface area contributed by atoms with Crippen LogP contribution in [0.1, 0.15) is 41.4 Å². The van der Waals surface area contributed by atoms with E-state index >= 15 is 0 Å². The fraction of sp³-hybridized carbons (Fsp3) is 0.357. The number of benzene rings is 2. The molecular weight excluding hydrogens is 500 g/mol. The maximum Gasteiger partial charge on any atom is 0.251 e. The Morgan fingerprint density at radius 3 is 2.49 bits per heavy atom. The van der Waals surface area contributed by atoms with Gasteiger partial charge in [0, 0.05) is 17.8 Å². The second-order valence-electron chi connectivity index (χ2n) is 9.53. The van der Waals surface area contributed by atoms with Crippen LogP contribution in [0.3, 0.4) is 0 Å². The van der Waals surface area contributed by atoms with Crippen molar-refractivity contribution in [2.24, 2.45) is 0 Å². The fourth-order valence-electron chi connectivity index (χ4n) is 4.66. The Balaban J connectivity index is 1.12. The minimum Gasteiger partial charge on any atom is -0.394 e. The molecule has 1 fully saturated rings.